The Labute approximate surface area is 125 Å². The van der Waals surface area contributed by atoms with Gasteiger partial charge in [-0.1, -0.05) is 20.8 Å². The number of ether oxygens (including phenoxy) is 1. The molecular weight excluding hydrogens is 264 g/mol. The van der Waals surface area contributed by atoms with Crippen LogP contribution in [-0.4, -0.2) is 21.5 Å². The Morgan fingerprint density at radius 1 is 1.24 bits per heavy atom. The average molecular weight is 286 g/mol. The van der Waals surface area contributed by atoms with Gasteiger partial charge in [-0.2, -0.15) is 4.98 Å². The minimum Gasteiger partial charge on any atom is -0.437 e. The van der Waals surface area contributed by atoms with Crippen LogP contribution < -0.4 is 10.1 Å². The molecule has 0 bridgehead atoms. The summed E-state index contributed by atoms with van der Waals surface area (Å²) in [6.45, 7) is 9.07. The first-order chi connectivity index (χ1) is 10.1. The molecule has 0 radical (unpaired) electrons. The number of nitrogens with zero attached hydrogens (tertiary/aromatic N) is 3. The van der Waals surface area contributed by atoms with Crippen LogP contribution in [0, 0.1) is 6.92 Å². The van der Waals surface area contributed by atoms with Crippen molar-refractivity contribution in [2.75, 3.05) is 11.9 Å². The van der Waals surface area contributed by atoms with Gasteiger partial charge in [0.05, 0.1) is 6.20 Å². The average Bonchev–Trinajstić information content (AvgIpc) is 2.47. The van der Waals surface area contributed by atoms with Gasteiger partial charge < -0.3 is 10.1 Å². The highest BCUT2D eigenvalue weighted by atomic mass is 16.5. The zero-order valence-corrected chi connectivity index (χ0v) is 13.1. The van der Waals surface area contributed by atoms with E-state index in [1.54, 1.807) is 6.20 Å². The summed E-state index contributed by atoms with van der Waals surface area (Å²) in [7, 11) is 0. The van der Waals surface area contributed by atoms with Crippen LogP contribution in [0.1, 0.15) is 44.6 Å². The predicted molar refractivity (Wildman–Crippen MR) is 83.9 cm³/mol. The monoisotopic (exact) mass is 286 g/mol. The van der Waals surface area contributed by atoms with Crippen molar-refractivity contribution in [3.05, 3.63) is 35.9 Å². The van der Waals surface area contributed by atoms with Gasteiger partial charge >= 0.3 is 0 Å². The number of aryl methyl sites for hydroxylation is 1. The molecule has 5 nitrogen and oxygen atoms in total. The van der Waals surface area contributed by atoms with E-state index in [9.17, 15) is 0 Å². The van der Waals surface area contributed by atoms with Crippen molar-refractivity contribution in [2.45, 2.75) is 40.0 Å². The topological polar surface area (TPSA) is 59.9 Å². The molecule has 0 aliphatic rings. The van der Waals surface area contributed by atoms with Crippen molar-refractivity contribution < 1.29 is 4.74 Å². The summed E-state index contributed by atoms with van der Waals surface area (Å²) in [5, 5.41) is 3.28. The van der Waals surface area contributed by atoms with E-state index in [1.165, 1.54) is 0 Å². The summed E-state index contributed by atoms with van der Waals surface area (Å²) in [5.41, 5.74) is 0.957. The van der Waals surface area contributed by atoms with Crippen molar-refractivity contribution in [2.24, 2.45) is 0 Å². The van der Waals surface area contributed by atoms with E-state index in [2.05, 4.69) is 41.0 Å². The maximum absolute atomic E-state index is 5.79. The van der Waals surface area contributed by atoms with Gasteiger partial charge in [0.15, 0.2) is 0 Å². The van der Waals surface area contributed by atoms with Gasteiger partial charge in [-0.05, 0) is 25.5 Å². The lowest BCUT2D eigenvalue weighted by atomic mass is 10.2. The summed E-state index contributed by atoms with van der Waals surface area (Å²) in [6, 6.07) is 5.62. The number of pyridine rings is 1. The van der Waals surface area contributed by atoms with E-state index in [4.69, 9.17) is 4.74 Å². The molecule has 2 aromatic heterocycles. The molecule has 2 heterocycles. The molecule has 0 aliphatic heterocycles. The maximum atomic E-state index is 5.79. The predicted octanol–water partition coefficient (Wildman–Crippen LogP) is 3.92. The number of nitrogens with one attached hydrogen (secondary N) is 1. The molecule has 0 aliphatic carbocycles. The molecule has 0 unspecified atom stereocenters. The lowest BCUT2D eigenvalue weighted by Crippen LogP contribution is -2.07. The van der Waals surface area contributed by atoms with Crippen molar-refractivity contribution in [3.63, 3.8) is 0 Å². The number of hydrogen-bond donors (Lipinski definition) is 1. The Hall–Kier alpha value is -2.17. The van der Waals surface area contributed by atoms with Gasteiger partial charge in [-0.3, -0.25) is 4.98 Å². The van der Waals surface area contributed by atoms with Crippen molar-refractivity contribution in [1.82, 2.24) is 15.0 Å². The van der Waals surface area contributed by atoms with Gasteiger partial charge in [-0.15, -0.1) is 0 Å². The Bertz CT molecular complexity index is 581. The third-order valence-electron chi connectivity index (χ3n) is 2.90. The van der Waals surface area contributed by atoms with Crippen molar-refractivity contribution in [3.8, 4) is 11.6 Å². The third-order valence-corrected chi connectivity index (χ3v) is 2.90. The first-order valence-electron chi connectivity index (χ1n) is 7.32. The molecule has 21 heavy (non-hydrogen) atoms. The molecule has 0 aromatic carbocycles. The molecule has 112 valence electrons. The van der Waals surface area contributed by atoms with Gasteiger partial charge in [0.2, 0.25) is 5.88 Å². The fraction of sp³-hybridized carbons (Fsp3) is 0.438. The first-order valence-corrected chi connectivity index (χ1v) is 7.32. The zero-order valence-electron chi connectivity index (χ0n) is 13.1. The van der Waals surface area contributed by atoms with Crippen molar-refractivity contribution >= 4 is 5.82 Å². The number of rotatable bonds is 6. The van der Waals surface area contributed by atoms with Gasteiger partial charge in [0.25, 0.3) is 0 Å². The smallest absolute Gasteiger partial charge is 0.224 e. The SMILES string of the molecule is CCCNc1cc(Oc2ccc(C)nc2)nc(C(C)C)n1. The Balaban J connectivity index is 2.24. The Morgan fingerprint density at radius 2 is 2.05 bits per heavy atom. The standard InChI is InChI=1S/C16H22N4O/c1-5-8-17-14-9-15(20-16(19-14)11(2)3)21-13-7-6-12(4)18-10-13/h6-7,9-11H,5,8H2,1-4H3,(H,17,19,20). The minimum atomic E-state index is 0.242. The van der Waals surface area contributed by atoms with Crippen LogP contribution in [0.5, 0.6) is 11.6 Å². The largest absolute Gasteiger partial charge is 0.437 e. The second-order valence-corrected chi connectivity index (χ2v) is 5.27. The van der Waals surface area contributed by atoms with Crippen LogP contribution in [0.15, 0.2) is 24.4 Å². The van der Waals surface area contributed by atoms with E-state index in [0.29, 0.717) is 11.6 Å². The van der Waals surface area contributed by atoms with Crippen LogP contribution in [0.2, 0.25) is 0 Å². The lowest BCUT2D eigenvalue weighted by Gasteiger charge is -2.11. The highest BCUT2D eigenvalue weighted by Gasteiger charge is 2.09. The van der Waals surface area contributed by atoms with Crippen LogP contribution in [-0.2, 0) is 0 Å². The Kier molecular flexibility index (Phi) is 5.09. The Morgan fingerprint density at radius 3 is 2.67 bits per heavy atom. The minimum absolute atomic E-state index is 0.242. The fourth-order valence-electron chi connectivity index (χ4n) is 1.73. The summed E-state index contributed by atoms with van der Waals surface area (Å²) >= 11 is 0. The molecule has 2 rings (SSSR count). The van der Waals surface area contributed by atoms with Crippen LogP contribution in [0.25, 0.3) is 0 Å². The maximum Gasteiger partial charge on any atom is 0.224 e. The molecule has 0 saturated carbocycles. The van der Waals surface area contributed by atoms with Gasteiger partial charge in [0.1, 0.15) is 17.4 Å². The quantitative estimate of drug-likeness (QED) is 0.872. The zero-order chi connectivity index (χ0) is 15.2. The molecule has 5 heteroatoms. The second-order valence-electron chi connectivity index (χ2n) is 5.27. The second kappa shape index (κ2) is 7.02. The first kappa shape index (κ1) is 15.2. The molecular formula is C16H22N4O. The number of aromatic nitrogens is 3. The molecule has 0 fully saturated rings. The number of hydrogen-bond acceptors (Lipinski definition) is 5. The summed E-state index contributed by atoms with van der Waals surface area (Å²) in [4.78, 5) is 13.2. The van der Waals surface area contributed by atoms with Gasteiger partial charge in [-0.25, -0.2) is 4.98 Å². The van der Waals surface area contributed by atoms with Gasteiger partial charge in [0, 0.05) is 24.2 Å². The molecule has 2 aromatic rings. The highest BCUT2D eigenvalue weighted by Crippen LogP contribution is 2.23. The third kappa shape index (κ3) is 4.41. The lowest BCUT2D eigenvalue weighted by molar-refractivity contribution is 0.455. The summed E-state index contributed by atoms with van der Waals surface area (Å²) < 4.78 is 5.79. The van der Waals surface area contributed by atoms with E-state index in [1.807, 2.05) is 25.1 Å². The normalized spacial score (nSPS) is 10.7. The highest BCUT2D eigenvalue weighted by molar-refractivity contribution is 5.40. The van der Waals surface area contributed by atoms with E-state index >= 15 is 0 Å². The molecule has 0 spiro atoms. The van der Waals surface area contributed by atoms with E-state index in [-0.39, 0.29) is 5.92 Å². The molecule has 0 saturated heterocycles. The fourth-order valence-corrected chi connectivity index (χ4v) is 1.73. The molecule has 0 amide bonds. The van der Waals surface area contributed by atoms with E-state index < -0.39 is 0 Å². The number of anilines is 1. The van der Waals surface area contributed by atoms with Crippen LogP contribution in [0.3, 0.4) is 0 Å². The summed E-state index contributed by atoms with van der Waals surface area (Å²) in [6.07, 6.45) is 2.74. The summed E-state index contributed by atoms with van der Waals surface area (Å²) in [5.74, 6) is 3.03. The van der Waals surface area contributed by atoms with E-state index in [0.717, 1.165) is 30.3 Å². The molecule has 0 atom stereocenters. The van der Waals surface area contributed by atoms with Crippen molar-refractivity contribution in [1.29, 1.82) is 0 Å². The van der Waals surface area contributed by atoms with Crippen LogP contribution in [0.4, 0.5) is 5.82 Å². The molecule has 1 N–H and O–H groups in total. The van der Waals surface area contributed by atoms with Crippen LogP contribution >= 0.6 is 0 Å².